The van der Waals surface area contributed by atoms with Crippen LogP contribution in [0.25, 0.3) is 10.9 Å². The topological polar surface area (TPSA) is 87.9 Å². The van der Waals surface area contributed by atoms with Gasteiger partial charge in [0.2, 0.25) is 5.91 Å². The first-order valence-corrected chi connectivity index (χ1v) is 10.5. The largest absolute Gasteiger partial charge is 0.369 e. The van der Waals surface area contributed by atoms with Crippen molar-refractivity contribution in [1.29, 1.82) is 0 Å². The van der Waals surface area contributed by atoms with Gasteiger partial charge in [-0.1, -0.05) is 23.7 Å². The van der Waals surface area contributed by atoms with Crippen LogP contribution in [-0.2, 0) is 11.2 Å². The Morgan fingerprint density at radius 2 is 2.21 bits per heavy atom. The van der Waals surface area contributed by atoms with Gasteiger partial charge in [0.25, 0.3) is 0 Å². The van der Waals surface area contributed by atoms with Crippen LogP contribution in [-0.4, -0.2) is 45.6 Å². The molecule has 3 aromatic rings. The number of halogens is 1. The van der Waals surface area contributed by atoms with Gasteiger partial charge in [-0.3, -0.25) is 4.79 Å². The van der Waals surface area contributed by atoms with E-state index in [9.17, 15) is 4.79 Å². The first-order valence-electron chi connectivity index (χ1n) is 10.1. The lowest BCUT2D eigenvalue weighted by molar-refractivity contribution is -0.120. The molecule has 1 amide bonds. The van der Waals surface area contributed by atoms with Crippen molar-refractivity contribution in [2.45, 2.75) is 37.1 Å². The highest BCUT2D eigenvalue weighted by atomic mass is 35.5. The number of rotatable bonds is 4. The Morgan fingerprint density at radius 3 is 2.97 bits per heavy atom. The van der Waals surface area contributed by atoms with Crippen LogP contribution in [0.2, 0.25) is 5.15 Å². The van der Waals surface area contributed by atoms with Crippen molar-refractivity contribution in [3.63, 3.8) is 0 Å². The summed E-state index contributed by atoms with van der Waals surface area (Å²) >= 11 is 5.85. The minimum absolute atomic E-state index is 0.315. The van der Waals surface area contributed by atoms with Crippen LogP contribution in [0.5, 0.6) is 0 Å². The van der Waals surface area contributed by atoms with Gasteiger partial charge < -0.3 is 15.6 Å². The molecular weight excluding hydrogens is 386 g/mol. The van der Waals surface area contributed by atoms with Crippen LogP contribution in [0.1, 0.15) is 41.5 Å². The molecule has 2 aliphatic rings. The molecule has 1 aliphatic heterocycles. The minimum Gasteiger partial charge on any atom is -0.369 e. The first kappa shape index (κ1) is 18.6. The fraction of sp³-hybridized carbons (Fsp3) is 0.409. The quantitative estimate of drug-likeness (QED) is 0.692. The zero-order valence-corrected chi connectivity index (χ0v) is 17.1. The molecule has 5 rings (SSSR count). The third-order valence-electron chi connectivity index (χ3n) is 6.73. The number of nitrogens with two attached hydrogens (primary N) is 1. The number of benzene rings is 1. The number of aromatic amines is 1. The summed E-state index contributed by atoms with van der Waals surface area (Å²) in [5.41, 5.74) is 10.4. The highest BCUT2D eigenvalue weighted by Gasteiger charge is 2.40. The number of likely N-dealkylation sites (tertiary alicyclic amines) is 1. The summed E-state index contributed by atoms with van der Waals surface area (Å²) in [6.07, 6.45) is 4.94. The van der Waals surface area contributed by atoms with Crippen LogP contribution in [0.3, 0.4) is 0 Å². The highest BCUT2D eigenvalue weighted by Crippen LogP contribution is 2.45. The number of amides is 1. The zero-order valence-electron chi connectivity index (χ0n) is 16.3. The number of H-pyrrole nitrogens is 1. The summed E-state index contributed by atoms with van der Waals surface area (Å²) in [5, 5.41) is 9.72. The molecule has 0 radical (unpaired) electrons. The van der Waals surface area contributed by atoms with E-state index in [1.54, 1.807) is 12.1 Å². The summed E-state index contributed by atoms with van der Waals surface area (Å²) in [6.45, 7) is 0.946. The number of carbonyl (C=O) groups excluding carboxylic acids is 1. The van der Waals surface area contributed by atoms with Crippen molar-refractivity contribution in [3.05, 3.63) is 58.5 Å². The van der Waals surface area contributed by atoms with Crippen molar-refractivity contribution < 1.29 is 4.79 Å². The standard InChI is InChI=1S/C22H24ClN5O/c1-28-11-12(8-16(22(24)29)17-5-6-20(23)27-26-17)7-15-14-3-2-4-18-21(14)13(10-25-18)9-19(15)28/h2-6,10,12,15-16,19,25H,7-9,11H2,1H3,(H2,24,29)/t12?,15-,16?,19-/m1/s1. The smallest absolute Gasteiger partial charge is 0.226 e. The van der Waals surface area contributed by atoms with Crippen LogP contribution < -0.4 is 5.73 Å². The number of likely N-dealkylation sites (N-methyl/N-ethyl adjacent to an activating group) is 1. The summed E-state index contributed by atoms with van der Waals surface area (Å²) in [5.74, 6) is 0.00420. The zero-order chi connectivity index (χ0) is 20.1. The van der Waals surface area contributed by atoms with Crippen LogP contribution in [0.15, 0.2) is 36.5 Å². The number of aromatic nitrogens is 3. The number of hydrogen-bond donors (Lipinski definition) is 2. The van der Waals surface area contributed by atoms with E-state index in [-0.39, 0.29) is 5.91 Å². The summed E-state index contributed by atoms with van der Waals surface area (Å²) in [6, 6.07) is 10.5. The Morgan fingerprint density at radius 1 is 1.34 bits per heavy atom. The van der Waals surface area contributed by atoms with E-state index in [1.165, 1.54) is 22.0 Å². The average Bonchev–Trinajstić information content (AvgIpc) is 3.12. The molecule has 29 heavy (non-hydrogen) atoms. The van der Waals surface area contributed by atoms with E-state index in [1.807, 2.05) is 0 Å². The molecule has 0 bridgehead atoms. The van der Waals surface area contributed by atoms with Gasteiger partial charge in [-0.05, 0) is 61.6 Å². The molecule has 1 saturated heterocycles. The van der Waals surface area contributed by atoms with Crippen molar-refractivity contribution in [2.75, 3.05) is 13.6 Å². The summed E-state index contributed by atoms with van der Waals surface area (Å²) < 4.78 is 0. The number of piperidine rings is 1. The molecule has 2 aromatic heterocycles. The Labute approximate surface area is 174 Å². The van der Waals surface area contributed by atoms with Gasteiger partial charge in [0.15, 0.2) is 5.15 Å². The molecule has 2 unspecified atom stereocenters. The van der Waals surface area contributed by atoms with E-state index in [4.69, 9.17) is 17.3 Å². The van der Waals surface area contributed by atoms with Crippen LogP contribution in [0.4, 0.5) is 0 Å². The summed E-state index contributed by atoms with van der Waals surface area (Å²) in [7, 11) is 2.20. The van der Waals surface area contributed by atoms with Crippen molar-refractivity contribution in [2.24, 2.45) is 11.7 Å². The predicted octanol–water partition coefficient (Wildman–Crippen LogP) is 3.23. The highest BCUT2D eigenvalue weighted by molar-refractivity contribution is 6.29. The Balaban J connectivity index is 1.44. The molecule has 150 valence electrons. The van der Waals surface area contributed by atoms with Gasteiger partial charge >= 0.3 is 0 Å². The molecule has 7 heteroatoms. The maximum Gasteiger partial charge on any atom is 0.226 e. The lowest BCUT2D eigenvalue weighted by atomic mass is 9.71. The average molecular weight is 410 g/mol. The summed E-state index contributed by atoms with van der Waals surface area (Å²) in [4.78, 5) is 18.1. The SMILES string of the molecule is CN1CC(CC(C(N)=O)c2ccc(Cl)nn2)C[C@@H]2c3cccc4[nH]cc(c34)C[C@H]21. The van der Waals surface area contributed by atoms with Gasteiger partial charge in [0.1, 0.15) is 0 Å². The van der Waals surface area contributed by atoms with E-state index >= 15 is 0 Å². The number of carbonyl (C=O) groups is 1. The lowest BCUT2D eigenvalue weighted by Crippen LogP contribution is -2.48. The van der Waals surface area contributed by atoms with Crippen LogP contribution in [0, 0.1) is 5.92 Å². The molecule has 3 heterocycles. The molecule has 0 spiro atoms. The van der Waals surface area contributed by atoms with E-state index in [0.29, 0.717) is 35.1 Å². The van der Waals surface area contributed by atoms with Crippen molar-refractivity contribution >= 4 is 28.4 Å². The number of nitrogens with zero attached hydrogens (tertiary/aromatic N) is 3. The lowest BCUT2D eigenvalue weighted by Gasteiger charge is -2.46. The molecule has 1 aromatic carbocycles. The minimum atomic E-state index is -0.447. The fourth-order valence-corrected chi connectivity index (χ4v) is 5.55. The van der Waals surface area contributed by atoms with Gasteiger partial charge in [0.05, 0.1) is 11.6 Å². The molecule has 6 nitrogen and oxygen atoms in total. The molecule has 3 N–H and O–H groups in total. The second kappa shape index (κ2) is 7.11. The second-order valence-corrected chi connectivity index (χ2v) is 8.86. The molecular formula is C22H24ClN5O. The predicted molar refractivity (Wildman–Crippen MR) is 113 cm³/mol. The number of nitrogens with one attached hydrogen (secondary N) is 1. The third-order valence-corrected chi connectivity index (χ3v) is 6.94. The molecule has 1 fully saturated rings. The van der Waals surface area contributed by atoms with E-state index in [0.717, 1.165) is 19.4 Å². The van der Waals surface area contributed by atoms with Gasteiger partial charge in [-0.2, -0.15) is 5.10 Å². The maximum absolute atomic E-state index is 12.2. The Kier molecular flexibility index (Phi) is 4.56. The van der Waals surface area contributed by atoms with Crippen molar-refractivity contribution in [1.82, 2.24) is 20.1 Å². The van der Waals surface area contributed by atoms with Crippen LogP contribution >= 0.6 is 11.6 Å². The molecule has 0 saturated carbocycles. The number of primary amides is 1. The first-order chi connectivity index (χ1) is 14.0. The van der Waals surface area contributed by atoms with Gasteiger partial charge in [-0.15, -0.1) is 5.10 Å². The molecule has 1 aliphatic carbocycles. The van der Waals surface area contributed by atoms with Gasteiger partial charge in [0, 0.05) is 35.6 Å². The maximum atomic E-state index is 12.2. The second-order valence-electron chi connectivity index (χ2n) is 8.47. The molecule has 4 atom stereocenters. The normalized spacial score (nSPS) is 25.0. The third kappa shape index (κ3) is 3.20. The Hall–Kier alpha value is -2.44. The van der Waals surface area contributed by atoms with Crippen molar-refractivity contribution in [3.8, 4) is 0 Å². The fourth-order valence-electron chi connectivity index (χ4n) is 5.45. The van der Waals surface area contributed by atoms with E-state index < -0.39 is 5.92 Å². The van der Waals surface area contributed by atoms with E-state index in [2.05, 4.69) is 51.5 Å². The Bertz CT molecular complexity index is 1060. The monoisotopic (exact) mass is 409 g/mol. The number of fused-ring (bicyclic) bond motifs is 2. The van der Waals surface area contributed by atoms with Gasteiger partial charge in [-0.25, -0.2) is 0 Å². The number of hydrogen-bond acceptors (Lipinski definition) is 4.